The van der Waals surface area contributed by atoms with Crippen molar-refractivity contribution < 1.29 is 9.18 Å². The van der Waals surface area contributed by atoms with Crippen LogP contribution in [0.2, 0.25) is 0 Å². The van der Waals surface area contributed by atoms with Crippen molar-refractivity contribution in [3.8, 4) is 0 Å². The molecule has 0 aromatic carbocycles. The molecule has 5 nitrogen and oxygen atoms in total. The number of carbonyl (C=O) groups is 1. The monoisotopic (exact) mass is 352 g/mol. The highest BCUT2D eigenvalue weighted by atomic mass is 79.9. The SMILES string of the molecule is CCNc1ncc(F)cc1C(=O)Nc1ncc(Br)cc1C. The van der Waals surface area contributed by atoms with E-state index < -0.39 is 11.7 Å². The second-order valence-electron chi connectivity index (χ2n) is 4.35. The molecule has 0 saturated heterocycles. The molecule has 0 aliphatic carbocycles. The fraction of sp³-hybridized carbons (Fsp3) is 0.214. The topological polar surface area (TPSA) is 66.9 Å². The van der Waals surface area contributed by atoms with Gasteiger partial charge in [0.25, 0.3) is 5.91 Å². The number of pyridine rings is 2. The van der Waals surface area contributed by atoms with Gasteiger partial charge < -0.3 is 10.6 Å². The minimum atomic E-state index is -0.567. The van der Waals surface area contributed by atoms with Crippen LogP contribution in [0.5, 0.6) is 0 Å². The molecule has 0 fully saturated rings. The lowest BCUT2D eigenvalue weighted by molar-refractivity contribution is 0.102. The van der Waals surface area contributed by atoms with Crippen molar-refractivity contribution >= 4 is 33.5 Å². The Bertz CT molecular complexity index is 678. The number of hydrogen-bond donors (Lipinski definition) is 2. The van der Waals surface area contributed by atoms with Crippen LogP contribution in [0.3, 0.4) is 0 Å². The number of carbonyl (C=O) groups excluding carboxylic acids is 1. The van der Waals surface area contributed by atoms with Gasteiger partial charge in [0.2, 0.25) is 0 Å². The molecule has 2 heterocycles. The summed E-state index contributed by atoms with van der Waals surface area (Å²) in [6.07, 6.45) is 2.65. The van der Waals surface area contributed by atoms with Crippen LogP contribution in [0.1, 0.15) is 22.8 Å². The Hall–Kier alpha value is -2.02. The number of hydrogen-bond acceptors (Lipinski definition) is 4. The predicted octanol–water partition coefficient (Wildman–Crippen LogP) is 3.37. The molecule has 0 radical (unpaired) electrons. The van der Waals surface area contributed by atoms with E-state index >= 15 is 0 Å². The van der Waals surface area contributed by atoms with E-state index in [1.165, 1.54) is 0 Å². The lowest BCUT2D eigenvalue weighted by Gasteiger charge is -2.11. The Labute approximate surface area is 130 Å². The van der Waals surface area contributed by atoms with Crippen LogP contribution in [0.15, 0.2) is 29.0 Å². The third-order valence-electron chi connectivity index (χ3n) is 2.72. The van der Waals surface area contributed by atoms with Gasteiger partial charge in [-0.1, -0.05) is 0 Å². The van der Waals surface area contributed by atoms with E-state index in [9.17, 15) is 9.18 Å². The molecule has 2 aromatic heterocycles. The summed E-state index contributed by atoms with van der Waals surface area (Å²) in [5.74, 6) is -0.265. The molecule has 110 valence electrons. The second kappa shape index (κ2) is 6.62. The zero-order valence-corrected chi connectivity index (χ0v) is 13.2. The largest absolute Gasteiger partial charge is 0.370 e. The molecule has 2 aromatic rings. The number of aryl methyl sites for hydroxylation is 1. The van der Waals surface area contributed by atoms with Crippen LogP contribution in [0.4, 0.5) is 16.0 Å². The van der Waals surface area contributed by atoms with Crippen molar-refractivity contribution in [1.29, 1.82) is 0 Å². The van der Waals surface area contributed by atoms with Gasteiger partial charge in [0.1, 0.15) is 17.5 Å². The highest BCUT2D eigenvalue weighted by Gasteiger charge is 2.15. The fourth-order valence-electron chi connectivity index (χ4n) is 1.77. The molecule has 0 aliphatic rings. The Balaban J connectivity index is 2.29. The molecule has 0 spiro atoms. The van der Waals surface area contributed by atoms with Gasteiger partial charge in [-0.25, -0.2) is 14.4 Å². The highest BCUT2D eigenvalue weighted by molar-refractivity contribution is 9.10. The Kier molecular flexibility index (Phi) is 4.85. The van der Waals surface area contributed by atoms with E-state index in [0.717, 1.165) is 22.3 Å². The Morgan fingerprint density at radius 2 is 2.00 bits per heavy atom. The van der Waals surface area contributed by atoms with E-state index in [4.69, 9.17) is 0 Å². The van der Waals surface area contributed by atoms with E-state index in [-0.39, 0.29) is 5.56 Å². The summed E-state index contributed by atoms with van der Waals surface area (Å²) in [5, 5.41) is 5.59. The second-order valence-corrected chi connectivity index (χ2v) is 5.27. The lowest BCUT2D eigenvalue weighted by Crippen LogP contribution is -2.17. The van der Waals surface area contributed by atoms with Gasteiger partial charge >= 0.3 is 0 Å². The highest BCUT2D eigenvalue weighted by Crippen LogP contribution is 2.19. The molecule has 0 bridgehead atoms. The predicted molar refractivity (Wildman–Crippen MR) is 83.0 cm³/mol. The number of aromatic nitrogens is 2. The molecule has 0 saturated carbocycles. The summed E-state index contributed by atoms with van der Waals surface area (Å²) in [6.45, 7) is 4.27. The van der Waals surface area contributed by atoms with E-state index in [2.05, 4.69) is 36.5 Å². The smallest absolute Gasteiger partial charge is 0.260 e. The number of rotatable bonds is 4. The first-order valence-electron chi connectivity index (χ1n) is 6.34. The minimum absolute atomic E-state index is 0.140. The van der Waals surface area contributed by atoms with Crippen LogP contribution in [0.25, 0.3) is 0 Å². The van der Waals surface area contributed by atoms with Gasteiger partial charge in [-0.05, 0) is 47.5 Å². The van der Waals surface area contributed by atoms with Crippen LogP contribution in [-0.4, -0.2) is 22.4 Å². The molecule has 2 N–H and O–H groups in total. The zero-order chi connectivity index (χ0) is 15.4. The van der Waals surface area contributed by atoms with Crippen LogP contribution in [0, 0.1) is 12.7 Å². The van der Waals surface area contributed by atoms with Gasteiger partial charge in [0.05, 0.1) is 11.8 Å². The van der Waals surface area contributed by atoms with Crippen molar-refractivity contribution in [2.75, 3.05) is 17.2 Å². The first-order chi connectivity index (χ1) is 10.0. The average molecular weight is 353 g/mol. The van der Waals surface area contributed by atoms with Crippen LogP contribution < -0.4 is 10.6 Å². The summed E-state index contributed by atoms with van der Waals surface area (Å²) in [4.78, 5) is 20.3. The van der Waals surface area contributed by atoms with Crippen molar-refractivity contribution in [3.63, 3.8) is 0 Å². The molecular formula is C14H14BrFN4O. The van der Waals surface area contributed by atoms with Gasteiger partial charge in [-0.3, -0.25) is 4.79 Å². The molecule has 1 amide bonds. The van der Waals surface area contributed by atoms with E-state index in [0.29, 0.717) is 18.2 Å². The molecule has 21 heavy (non-hydrogen) atoms. The van der Waals surface area contributed by atoms with Crippen molar-refractivity contribution in [2.45, 2.75) is 13.8 Å². The first-order valence-corrected chi connectivity index (χ1v) is 7.13. The standard InChI is InChI=1S/C14H14BrFN4O/c1-3-17-13-11(5-10(16)7-19-13)14(21)20-12-8(2)4-9(15)6-18-12/h4-7H,3H2,1-2H3,(H,17,19)(H,18,20,21). The van der Waals surface area contributed by atoms with E-state index in [1.807, 2.05) is 19.9 Å². The first kappa shape index (κ1) is 15.4. The molecule has 0 unspecified atom stereocenters. The van der Waals surface area contributed by atoms with Crippen molar-refractivity contribution in [2.24, 2.45) is 0 Å². The maximum atomic E-state index is 13.3. The van der Waals surface area contributed by atoms with Gasteiger partial charge in [-0.15, -0.1) is 0 Å². The number of nitrogens with zero attached hydrogens (tertiary/aromatic N) is 2. The van der Waals surface area contributed by atoms with Crippen molar-refractivity contribution in [3.05, 3.63) is 45.9 Å². The van der Waals surface area contributed by atoms with Gasteiger partial charge in [0.15, 0.2) is 0 Å². The molecular weight excluding hydrogens is 339 g/mol. The summed E-state index contributed by atoms with van der Waals surface area (Å²) >= 11 is 3.30. The summed E-state index contributed by atoms with van der Waals surface area (Å²) in [6, 6.07) is 2.98. The maximum absolute atomic E-state index is 13.3. The Morgan fingerprint density at radius 1 is 1.29 bits per heavy atom. The van der Waals surface area contributed by atoms with Crippen molar-refractivity contribution in [1.82, 2.24) is 9.97 Å². The van der Waals surface area contributed by atoms with Gasteiger partial charge in [0, 0.05) is 17.2 Å². The molecule has 0 atom stereocenters. The molecule has 0 aliphatic heterocycles. The van der Waals surface area contributed by atoms with Gasteiger partial charge in [-0.2, -0.15) is 0 Å². The minimum Gasteiger partial charge on any atom is -0.370 e. The number of halogens is 2. The summed E-state index contributed by atoms with van der Waals surface area (Å²) in [7, 11) is 0. The third kappa shape index (κ3) is 3.75. The average Bonchev–Trinajstić information content (AvgIpc) is 2.44. The number of amides is 1. The number of anilines is 2. The normalized spacial score (nSPS) is 10.3. The zero-order valence-electron chi connectivity index (χ0n) is 11.6. The Morgan fingerprint density at radius 3 is 2.67 bits per heavy atom. The number of nitrogens with one attached hydrogen (secondary N) is 2. The van der Waals surface area contributed by atoms with Crippen LogP contribution in [-0.2, 0) is 0 Å². The molecule has 2 rings (SSSR count). The molecule has 7 heteroatoms. The maximum Gasteiger partial charge on any atom is 0.260 e. The quantitative estimate of drug-likeness (QED) is 0.885. The fourth-order valence-corrected chi connectivity index (χ4v) is 2.21. The third-order valence-corrected chi connectivity index (χ3v) is 3.15. The van der Waals surface area contributed by atoms with E-state index in [1.54, 1.807) is 6.20 Å². The van der Waals surface area contributed by atoms with Crippen LogP contribution >= 0.6 is 15.9 Å². The summed E-state index contributed by atoms with van der Waals surface area (Å²) in [5.41, 5.74) is 0.938. The lowest BCUT2D eigenvalue weighted by atomic mass is 10.2. The summed E-state index contributed by atoms with van der Waals surface area (Å²) < 4.78 is 14.1.